The van der Waals surface area contributed by atoms with Crippen molar-refractivity contribution in [3.63, 3.8) is 0 Å². The lowest BCUT2D eigenvalue weighted by atomic mass is 10.2. The zero-order valence-electron chi connectivity index (χ0n) is 11.2. The molecule has 4 nitrogen and oxygen atoms in total. The van der Waals surface area contributed by atoms with Crippen molar-refractivity contribution < 1.29 is 4.79 Å². The molecule has 0 aliphatic carbocycles. The third-order valence-electron chi connectivity index (χ3n) is 2.73. The van der Waals surface area contributed by atoms with Crippen LogP contribution in [0.5, 0.6) is 0 Å². The molecule has 108 valence electrons. The minimum Gasteiger partial charge on any atom is -0.386 e. The van der Waals surface area contributed by atoms with Crippen molar-refractivity contribution in [1.82, 2.24) is 5.43 Å². The van der Waals surface area contributed by atoms with Crippen molar-refractivity contribution in [2.45, 2.75) is 0 Å². The van der Waals surface area contributed by atoms with Crippen LogP contribution < -0.4 is 10.7 Å². The molecule has 1 amide bonds. The van der Waals surface area contributed by atoms with E-state index in [1.54, 1.807) is 18.3 Å². The van der Waals surface area contributed by atoms with Gasteiger partial charge in [0.2, 0.25) is 0 Å². The fraction of sp³-hybridized carbons (Fsp3) is 0.0667. The van der Waals surface area contributed by atoms with Gasteiger partial charge in [0.15, 0.2) is 0 Å². The van der Waals surface area contributed by atoms with Gasteiger partial charge in [-0.1, -0.05) is 18.2 Å². The number of anilines is 1. The molecule has 2 rings (SSSR count). The first-order chi connectivity index (χ1) is 10.1. The highest BCUT2D eigenvalue weighted by atomic mass is 127. The average molecular weight is 505 g/mol. The maximum atomic E-state index is 11.8. The number of nitrogens with zero attached hydrogens (tertiary/aromatic N) is 1. The number of rotatable bonds is 4. The monoisotopic (exact) mass is 505 g/mol. The molecule has 0 unspecified atom stereocenters. The van der Waals surface area contributed by atoms with Gasteiger partial charge in [-0.3, -0.25) is 4.79 Å². The zero-order valence-corrected chi connectivity index (χ0v) is 15.5. The summed E-state index contributed by atoms with van der Waals surface area (Å²) in [6, 6.07) is 13.0. The van der Waals surface area contributed by atoms with Crippen molar-refractivity contribution in [2.75, 3.05) is 12.4 Å². The number of amides is 1. The van der Waals surface area contributed by atoms with Crippen molar-refractivity contribution in [3.05, 3.63) is 60.7 Å². The quantitative estimate of drug-likeness (QED) is 0.379. The molecule has 0 aliphatic heterocycles. The van der Waals surface area contributed by atoms with E-state index < -0.39 is 0 Å². The first kappa shape index (κ1) is 16.2. The standard InChI is InChI=1S/C15H13I2N3O/c1-18-14-12(16)7-10(8-13(14)17)9-19-20-15(21)11-5-3-2-4-6-11/h2-9,18H,1H3,(H,20,21)/b19-9-. The zero-order chi connectivity index (χ0) is 15.2. The number of hydrogen-bond acceptors (Lipinski definition) is 3. The Kier molecular flexibility index (Phi) is 5.97. The lowest BCUT2D eigenvalue weighted by molar-refractivity contribution is 0.0955. The van der Waals surface area contributed by atoms with Crippen LogP contribution in [-0.2, 0) is 0 Å². The Balaban J connectivity index is 2.07. The highest BCUT2D eigenvalue weighted by molar-refractivity contribution is 14.1. The van der Waals surface area contributed by atoms with Crippen LogP contribution in [0.15, 0.2) is 47.6 Å². The predicted molar refractivity (Wildman–Crippen MR) is 103 cm³/mol. The number of hydrogen-bond donors (Lipinski definition) is 2. The van der Waals surface area contributed by atoms with Crippen LogP contribution in [0.1, 0.15) is 15.9 Å². The third-order valence-corrected chi connectivity index (χ3v) is 4.43. The molecule has 21 heavy (non-hydrogen) atoms. The van der Waals surface area contributed by atoms with Crippen LogP contribution in [0, 0.1) is 7.14 Å². The van der Waals surface area contributed by atoms with Crippen LogP contribution in [0.2, 0.25) is 0 Å². The van der Waals surface area contributed by atoms with Crippen molar-refractivity contribution >= 4 is 63.0 Å². The van der Waals surface area contributed by atoms with Crippen LogP contribution >= 0.6 is 45.2 Å². The average Bonchev–Trinajstić information content (AvgIpc) is 2.48. The molecule has 0 spiro atoms. The van der Waals surface area contributed by atoms with E-state index in [2.05, 4.69) is 61.0 Å². The molecule has 0 radical (unpaired) electrons. The van der Waals surface area contributed by atoms with Gasteiger partial charge in [0.1, 0.15) is 0 Å². The number of nitrogens with one attached hydrogen (secondary N) is 2. The molecule has 0 saturated carbocycles. The molecule has 2 aromatic rings. The van der Waals surface area contributed by atoms with Crippen molar-refractivity contribution in [1.29, 1.82) is 0 Å². The van der Waals surface area contributed by atoms with E-state index in [0.29, 0.717) is 5.56 Å². The number of benzene rings is 2. The van der Waals surface area contributed by atoms with Gasteiger partial charge in [0.05, 0.1) is 11.9 Å². The minimum absolute atomic E-state index is 0.219. The molecule has 0 bridgehead atoms. The maximum absolute atomic E-state index is 11.8. The van der Waals surface area contributed by atoms with Crippen LogP contribution in [0.25, 0.3) is 0 Å². The molecule has 0 heterocycles. The molecule has 0 aromatic heterocycles. The molecule has 0 saturated heterocycles. The summed E-state index contributed by atoms with van der Waals surface area (Å²) in [5.74, 6) is -0.219. The summed E-state index contributed by atoms with van der Waals surface area (Å²) in [5.41, 5.74) is 5.15. The Labute approximate surface area is 150 Å². The highest BCUT2D eigenvalue weighted by Crippen LogP contribution is 2.25. The van der Waals surface area contributed by atoms with Gasteiger partial charge in [0.25, 0.3) is 5.91 Å². The molecule has 0 fully saturated rings. The van der Waals surface area contributed by atoms with E-state index in [9.17, 15) is 4.79 Å². The SMILES string of the molecule is CNc1c(I)cc(/C=N\NC(=O)c2ccccc2)cc1I. The summed E-state index contributed by atoms with van der Waals surface area (Å²) in [7, 11) is 1.90. The normalized spacial score (nSPS) is 10.6. The molecule has 0 atom stereocenters. The Hall–Kier alpha value is -1.16. The number of carbonyl (C=O) groups is 1. The molecular weight excluding hydrogens is 492 g/mol. The first-order valence-electron chi connectivity index (χ1n) is 6.17. The molecule has 2 aromatic carbocycles. The second kappa shape index (κ2) is 7.74. The molecule has 0 aliphatic rings. The predicted octanol–water partition coefficient (Wildman–Crippen LogP) is 3.70. The number of hydrazone groups is 1. The van der Waals surface area contributed by atoms with E-state index in [1.165, 1.54) is 0 Å². The highest BCUT2D eigenvalue weighted by Gasteiger charge is 2.05. The first-order valence-corrected chi connectivity index (χ1v) is 8.33. The Morgan fingerprint density at radius 1 is 1.14 bits per heavy atom. The van der Waals surface area contributed by atoms with Gasteiger partial charge in [-0.25, -0.2) is 5.43 Å². The minimum atomic E-state index is -0.219. The molecule has 6 heteroatoms. The Morgan fingerprint density at radius 3 is 2.33 bits per heavy atom. The van der Waals surface area contributed by atoms with E-state index >= 15 is 0 Å². The van der Waals surface area contributed by atoms with Crippen LogP contribution in [0.3, 0.4) is 0 Å². The lowest BCUT2D eigenvalue weighted by Crippen LogP contribution is -2.17. The summed E-state index contributed by atoms with van der Waals surface area (Å²) in [6.07, 6.45) is 1.64. The second-order valence-electron chi connectivity index (χ2n) is 4.17. The second-order valence-corrected chi connectivity index (χ2v) is 6.50. The van der Waals surface area contributed by atoms with Crippen LogP contribution in [-0.4, -0.2) is 19.2 Å². The fourth-order valence-corrected chi connectivity index (χ4v) is 4.08. The summed E-state index contributed by atoms with van der Waals surface area (Å²) in [6.45, 7) is 0. The topological polar surface area (TPSA) is 53.5 Å². The molecular formula is C15H13I2N3O. The summed E-state index contributed by atoms with van der Waals surface area (Å²) >= 11 is 4.54. The number of carbonyl (C=O) groups excluding carboxylic acids is 1. The van der Waals surface area contributed by atoms with Crippen LogP contribution in [0.4, 0.5) is 5.69 Å². The van der Waals surface area contributed by atoms with Gasteiger partial charge in [-0.2, -0.15) is 5.10 Å². The summed E-state index contributed by atoms with van der Waals surface area (Å²) < 4.78 is 2.22. The summed E-state index contributed by atoms with van der Waals surface area (Å²) in [5, 5.41) is 7.16. The Morgan fingerprint density at radius 2 is 1.76 bits per heavy atom. The van der Waals surface area contributed by atoms with E-state index in [4.69, 9.17) is 0 Å². The van der Waals surface area contributed by atoms with Gasteiger partial charge < -0.3 is 5.32 Å². The van der Waals surface area contributed by atoms with E-state index in [0.717, 1.165) is 18.4 Å². The third kappa shape index (κ3) is 4.40. The van der Waals surface area contributed by atoms with Gasteiger partial charge in [-0.15, -0.1) is 0 Å². The fourth-order valence-electron chi connectivity index (χ4n) is 1.73. The maximum Gasteiger partial charge on any atom is 0.271 e. The smallest absolute Gasteiger partial charge is 0.271 e. The number of halogens is 2. The van der Waals surface area contributed by atoms with E-state index in [-0.39, 0.29) is 5.91 Å². The van der Waals surface area contributed by atoms with Gasteiger partial charge in [0, 0.05) is 19.8 Å². The van der Waals surface area contributed by atoms with E-state index in [1.807, 2.05) is 37.4 Å². The van der Waals surface area contributed by atoms with Crippen molar-refractivity contribution in [3.8, 4) is 0 Å². The Bertz CT molecular complexity index is 649. The van der Waals surface area contributed by atoms with Gasteiger partial charge >= 0.3 is 0 Å². The molecule has 2 N–H and O–H groups in total. The largest absolute Gasteiger partial charge is 0.386 e. The van der Waals surface area contributed by atoms with Crippen molar-refractivity contribution in [2.24, 2.45) is 5.10 Å². The summed E-state index contributed by atoms with van der Waals surface area (Å²) in [4.78, 5) is 11.8. The van der Waals surface area contributed by atoms with Gasteiger partial charge in [-0.05, 0) is 75.0 Å². The lowest BCUT2D eigenvalue weighted by Gasteiger charge is -2.07.